The molecular weight excluding hydrogens is 342 g/mol. The largest absolute Gasteiger partial charge is 0.364 e. The van der Waals surface area contributed by atoms with Crippen molar-refractivity contribution in [1.82, 2.24) is 14.8 Å². The second-order valence-electron chi connectivity index (χ2n) is 5.01. The third kappa shape index (κ3) is 2.93. The summed E-state index contributed by atoms with van der Waals surface area (Å²) in [5, 5.41) is 27.0. The molecule has 9 nitrogen and oxygen atoms in total. The van der Waals surface area contributed by atoms with Gasteiger partial charge < -0.3 is 5.11 Å². The predicted octanol–water partition coefficient (Wildman–Crippen LogP) is 1.16. The smallest absolute Gasteiger partial charge is 0.307 e. The van der Waals surface area contributed by atoms with Crippen molar-refractivity contribution >= 4 is 17.3 Å². The molecule has 0 saturated heterocycles. The van der Waals surface area contributed by atoms with Gasteiger partial charge in [-0.1, -0.05) is 0 Å². The van der Waals surface area contributed by atoms with Gasteiger partial charge >= 0.3 is 5.69 Å². The number of hydrogen-bond acceptors (Lipinski definition) is 6. The molecule has 0 aromatic carbocycles. The number of aromatic nitrogens is 2. The third-order valence-corrected chi connectivity index (χ3v) is 3.40. The number of carbonyl (C=O) groups excluding carboxylic acids is 1. The number of halogens is 4. The van der Waals surface area contributed by atoms with Crippen LogP contribution in [0.25, 0.3) is 0 Å². The molecule has 1 aromatic heterocycles. The molecule has 13 heteroatoms. The fourth-order valence-corrected chi connectivity index (χ4v) is 2.05. The fourth-order valence-electron chi connectivity index (χ4n) is 2.05. The van der Waals surface area contributed by atoms with Gasteiger partial charge in [-0.3, -0.25) is 19.6 Å². The van der Waals surface area contributed by atoms with Crippen LogP contribution in [0.15, 0.2) is 17.5 Å². The van der Waals surface area contributed by atoms with Crippen molar-refractivity contribution in [2.24, 2.45) is 5.10 Å². The van der Waals surface area contributed by atoms with Gasteiger partial charge in [-0.25, -0.2) is 17.6 Å². The van der Waals surface area contributed by atoms with Gasteiger partial charge in [0.05, 0.1) is 4.92 Å². The normalized spacial score (nSPS) is 22.2. The molecule has 24 heavy (non-hydrogen) atoms. The number of nitrogens with zero attached hydrogens (tertiary/aromatic N) is 5. The first-order valence-electron chi connectivity index (χ1n) is 6.46. The van der Waals surface area contributed by atoms with E-state index in [9.17, 15) is 37.6 Å². The van der Waals surface area contributed by atoms with Crippen molar-refractivity contribution < 1.29 is 32.4 Å². The molecule has 1 aromatic rings. The van der Waals surface area contributed by atoms with Crippen LogP contribution in [0, 0.1) is 10.1 Å². The average Bonchev–Trinajstić information content (AvgIpc) is 3.11. The number of amides is 1. The lowest BCUT2D eigenvalue weighted by molar-refractivity contribution is -0.385. The highest BCUT2D eigenvalue weighted by atomic mass is 19.3. The summed E-state index contributed by atoms with van der Waals surface area (Å²) in [4.78, 5) is 22.1. The third-order valence-electron chi connectivity index (χ3n) is 3.40. The predicted molar refractivity (Wildman–Crippen MR) is 69.4 cm³/mol. The highest BCUT2D eigenvalue weighted by Crippen LogP contribution is 2.34. The maximum Gasteiger partial charge on any atom is 0.307 e. The molecule has 0 bridgehead atoms. The minimum absolute atomic E-state index is 0.114. The van der Waals surface area contributed by atoms with E-state index in [0.29, 0.717) is 0 Å². The Morgan fingerprint density at radius 3 is 2.54 bits per heavy atom. The van der Waals surface area contributed by atoms with E-state index in [1.807, 2.05) is 0 Å². The van der Waals surface area contributed by atoms with Gasteiger partial charge in [0.1, 0.15) is 24.1 Å². The van der Waals surface area contributed by atoms with Crippen molar-refractivity contribution in [1.29, 1.82) is 0 Å². The van der Waals surface area contributed by atoms with Gasteiger partial charge in [0.25, 0.3) is 18.8 Å². The molecule has 2 heterocycles. The van der Waals surface area contributed by atoms with Gasteiger partial charge in [0, 0.05) is 6.42 Å². The van der Waals surface area contributed by atoms with Crippen LogP contribution < -0.4 is 0 Å². The van der Waals surface area contributed by atoms with E-state index in [1.54, 1.807) is 0 Å². The van der Waals surface area contributed by atoms with Gasteiger partial charge in [0.2, 0.25) is 5.72 Å². The summed E-state index contributed by atoms with van der Waals surface area (Å²) < 4.78 is 52.3. The highest BCUT2D eigenvalue weighted by molar-refractivity contribution is 5.93. The van der Waals surface area contributed by atoms with Gasteiger partial charge in [-0.15, -0.1) is 0 Å². The molecule has 1 aliphatic rings. The molecule has 0 spiro atoms. The van der Waals surface area contributed by atoms with E-state index in [4.69, 9.17) is 0 Å². The van der Waals surface area contributed by atoms with Crippen LogP contribution in [0.3, 0.4) is 0 Å². The maximum atomic E-state index is 13.1. The Kier molecular flexibility index (Phi) is 4.55. The van der Waals surface area contributed by atoms with Crippen LogP contribution in [-0.4, -0.2) is 55.0 Å². The summed E-state index contributed by atoms with van der Waals surface area (Å²) in [6.07, 6.45) is -6.31. The van der Waals surface area contributed by atoms with Crippen molar-refractivity contribution in [3.63, 3.8) is 0 Å². The number of alkyl halides is 4. The zero-order valence-electron chi connectivity index (χ0n) is 12.0. The molecule has 1 N–H and O–H groups in total. The Balaban J connectivity index is 2.32. The summed E-state index contributed by atoms with van der Waals surface area (Å²) in [5.41, 5.74) is -4.74. The quantitative estimate of drug-likeness (QED) is 0.485. The first kappa shape index (κ1) is 17.8. The van der Waals surface area contributed by atoms with Crippen LogP contribution in [-0.2, 0) is 4.79 Å². The summed E-state index contributed by atoms with van der Waals surface area (Å²) in [6.45, 7) is 1.14. The van der Waals surface area contributed by atoms with Gasteiger partial charge in [-0.05, 0) is 6.92 Å². The van der Waals surface area contributed by atoms with Crippen molar-refractivity contribution in [3.8, 4) is 0 Å². The summed E-state index contributed by atoms with van der Waals surface area (Å²) >= 11 is 0. The van der Waals surface area contributed by atoms with Crippen molar-refractivity contribution in [2.45, 2.75) is 38.0 Å². The number of carbonyl (C=O) groups is 1. The number of aliphatic hydroxyl groups is 1. The number of hydrazone groups is 1. The molecule has 1 amide bonds. The SMILES string of the molecule is C[C@H](C(=O)N1N=C(C(F)F)C[C@@]1(O)C(F)F)n1cc([N+](=O)[O-])cn1. The molecule has 0 fully saturated rings. The summed E-state index contributed by atoms with van der Waals surface area (Å²) in [5.74, 6) is -1.27. The highest BCUT2D eigenvalue weighted by Gasteiger charge is 2.54. The van der Waals surface area contributed by atoms with Crippen molar-refractivity contribution in [2.75, 3.05) is 0 Å². The Morgan fingerprint density at radius 2 is 2.08 bits per heavy atom. The second-order valence-corrected chi connectivity index (χ2v) is 5.01. The molecule has 132 valence electrons. The number of rotatable bonds is 5. The maximum absolute atomic E-state index is 13.1. The molecule has 0 radical (unpaired) electrons. The standard InChI is InChI=1S/C11H11F4N5O4/c1-5(18-4-6(3-16-18)20(23)24)9(21)19-11(22,10(14)15)2-7(17-19)8(12)13/h3-5,8,10,22H,2H2,1H3/t5-,11-/m1/s1. The Labute approximate surface area is 131 Å². The number of hydrogen-bond donors (Lipinski definition) is 1. The molecular formula is C11H11F4N5O4. The first-order chi connectivity index (χ1) is 11.1. The van der Waals surface area contributed by atoms with Crippen LogP contribution >= 0.6 is 0 Å². The first-order valence-corrected chi connectivity index (χ1v) is 6.46. The van der Waals surface area contributed by atoms with E-state index in [2.05, 4.69) is 10.2 Å². The fraction of sp³-hybridized carbons (Fsp3) is 0.545. The van der Waals surface area contributed by atoms with E-state index in [-0.39, 0.29) is 5.01 Å². The minimum atomic E-state index is -3.55. The van der Waals surface area contributed by atoms with Crippen LogP contribution in [0.4, 0.5) is 23.2 Å². The molecule has 1 aliphatic heterocycles. The zero-order valence-corrected chi connectivity index (χ0v) is 12.0. The number of nitro groups is 1. The van der Waals surface area contributed by atoms with Crippen LogP contribution in [0.5, 0.6) is 0 Å². The monoisotopic (exact) mass is 353 g/mol. The van der Waals surface area contributed by atoms with E-state index < -0.39 is 53.3 Å². The molecule has 0 unspecified atom stereocenters. The van der Waals surface area contributed by atoms with Gasteiger partial charge in [0.15, 0.2) is 0 Å². The zero-order chi connectivity index (χ0) is 18.2. The molecule has 0 saturated carbocycles. The Morgan fingerprint density at radius 1 is 1.46 bits per heavy atom. The topological polar surface area (TPSA) is 114 Å². The average molecular weight is 353 g/mol. The Hall–Kier alpha value is -2.57. The van der Waals surface area contributed by atoms with Gasteiger partial charge in [-0.2, -0.15) is 15.2 Å². The van der Waals surface area contributed by atoms with E-state index >= 15 is 0 Å². The lowest BCUT2D eigenvalue weighted by Gasteiger charge is -2.31. The molecule has 0 aliphatic carbocycles. The lowest BCUT2D eigenvalue weighted by atomic mass is 10.1. The molecule has 2 atom stereocenters. The summed E-state index contributed by atoms with van der Waals surface area (Å²) in [7, 11) is 0. The molecule has 2 rings (SSSR count). The Bertz CT molecular complexity index is 694. The van der Waals surface area contributed by atoms with Crippen LogP contribution in [0.2, 0.25) is 0 Å². The van der Waals surface area contributed by atoms with Crippen LogP contribution in [0.1, 0.15) is 19.4 Å². The van der Waals surface area contributed by atoms with E-state index in [1.165, 1.54) is 0 Å². The lowest BCUT2D eigenvalue weighted by Crippen LogP contribution is -2.53. The van der Waals surface area contributed by atoms with E-state index in [0.717, 1.165) is 24.0 Å². The summed E-state index contributed by atoms with van der Waals surface area (Å²) in [6, 6.07) is -1.40. The van der Waals surface area contributed by atoms with Crippen molar-refractivity contribution in [3.05, 3.63) is 22.5 Å². The second kappa shape index (κ2) is 6.14. The minimum Gasteiger partial charge on any atom is -0.364 e.